The quantitative estimate of drug-likeness (QED) is 0.303. The second-order valence-corrected chi connectivity index (χ2v) is 9.74. The predicted octanol–water partition coefficient (Wildman–Crippen LogP) is 4.97. The van der Waals surface area contributed by atoms with Crippen molar-refractivity contribution < 1.29 is 10.0 Å². The summed E-state index contributed by atoms with van der Waals surface area (Å²) in [4.78, 5) is 17.5. The Hall–Kier alpha value is -2.89. The third-order valence-electron chi connectivity index (χ3n) is 6.32. The van der Waals surface area contributed by atoms with Gasteiger partial charge in [0.25, 0.3) is 5.91 Å². The maximum absolute atomic E-state index is 11.3. The van der Waals surface area contributed by atoms with Gasteiger partial charge in [-0.15, -0.1) is 0 Å². The molecule has 1 aliphatic heterocycles. The monoisotopic (exact) mass is 431 g/mol. The molecule has 5 heteroatoms. The van der Waals surface area contributed by atoms with Gasteiger partial charge >= 0.3 is 0 Å². The predicted molar refractivity (Wildman–Crippen MR) is 130 cm³/mol. The number of aromatic amines is 1. The molecule has 4 rings (SSSR count). The lowest BCUT2D eigenvalue weighted by Crippen LogP contribution is -2.26. The molecule has 3 N–H and O–H groups in total. The number of nitrogens with one attached hydrogen (secondary N) is 2. The molecule has 0 saturated heterocycles. The second-order valence-electron chi connectivity index (χ2n) is 9.74. The molecule has 0 saturated carbocycles. The summed E-state index contributed by atoms with van der Waals surface area (Å²) in [6.45, 7) is 9.89. The largest absolute Gasteiger partial charge is 0.358 e. The number of nitrogens with zero attached hydrogens (tertiary/aromatic N) is 1. The number of amides is 1. The average Bonchev–Trinajstić information content (AvgIpc) is 3.03. The zero-order valence-corrected chi connectivity index (χ0v) is 19.2. The molecule has 2 heterocycles. The van der Waals surface area contributed by atoms with E-state index in [2.05, 4.69) is 67.1 Å². The summed E-state index contributed by atoms with van der Waals surface area (Å²) in [6.07, 6.45) is 6.28. The molecule has 0 fully saturated rings. The van der Waals surface area contributed by atoms with Gasteiger partial charge < -0.3 is 4.98 Å². The Morgan fingerprint density at radius 1 is 1.19 bits per heavy atom. The van der Waals surface area contributed by atoms with E-state index in [0.717, 1.165) is 44.5 Å². The van der Waals surface area contributed by atoms with Gasteiger partial charge in [-0.25, -0.2) is 5.48 Å². The van der Waals surface area contributed by atoms with Gasteiger partial charge in [0.1, 0.15) is 0 Å². The summed E-state index contributed by atoms with van der Waals surface area (Å²) in [5, 5.41) is 10.00. The Balaban J connectivity index is 1.50. The first-order valence-electron chi connectivity index (χ1n) is 11.4. The first kappa shape index (κ1) is 22.3. The number of fused-ring (bicyclic) bond motifs is 2. The van der Waals surface area contributed by atoms with Crippen molar-refractivity contribution in [2.24, 2.45) is 0 Å². The summed E-state index contributed by atoms with van der Waals surface area (Å²) in [5.41, 5.74) is 9.42. The number of hydroxylamine groups is 1. The van der Waals surface area contributed by atoms with Crippen LogP contribution in [-0.2, 0) is 29.6 Å². The van der Waals surface area contributed by atoms with Crippen LogP contribution in [0, 0.1) is 0 Å². The van der Waals surface area contributed by atoms with Crippen LogP contribution in [-0.4, -0.2) is 34.1 Å². The topological polar surface area (TPSA) is 68.4 Å². The molecule has 32 heavy (non-hydrogen) atoms. The number of hydrogen-bond donors (Lipinski definition) is 3. The van der Waals surface area contributed by atoms with Crippen molar-refractivity contribution >= 4 is 22.9 Å². The van der Waals surface area contributed by atoms with Gasteiger partial charge in [0.15, 0.2) is 0 Å². The molecule has 0 atom stereocenters. The standard InChI is InChI=1S/C27H33N3O2/c1-27(2,3)26-23(22-8-4-5-9-24(22)28-26)14-16-30-15-6-7-20-17-19(10-12-21(20)18-30)11-13-25(31)29-32/h4-5,8-13,17,28,32H,6-7,14-16,18H2,1-3H3,(H,29,31). The molecule has 5 nitrogen and oxygen atoms in total. The summed E-state index contributed by atoms with van der Waals surface area (Å²) in [6, 6.07) is 15.0. The van der Waals surface area contributed by atoms with Crippen molar-refractivity contribution in [2.45, 2.75) is 52.0 Å². The average molecular weight is 432 g/mol. The SMILES string of the molecule is CC(C)(C)c1[nH]c2ccccc2c1CCN1CCCc2cc(C=CC(=O)NO)ccc2C1. The highest BCUT2D eigenvalue weighted by molar-refractivity contribution is 5.90. The molecule has 1 aliphatic rings. The second kappa shape index (κ2) is 9.31. The molecule has 0 spiro atoms. The normalized spacial score (nSPS) is 15.1. The molecule has 1 amide bonds. The number of hydrogen-bond acceptors (Lipinski definition) is 3. The number of rotatable bonds is 5. The zero-order valence-electron chi connectivity index (χ0n) is 19.2. The van der Waals surface area contributed by atoms with Crippen LogP contribution in [0.1, 0.15) is 55.1 Å². The fourth-order valence-corrected chi connectivity index (χ4v) is 4.72. The van der Waals surface area contributed by atoms with E-state index in [4.69, 9.17) is 5.21 Å². The van der Waals surface area contributed by atoms with Crippen LogP contribution < -0.4 is 5.48 Å². The van der Waals surface area contributed by atoms with E-state index < -0.39 is 5.91 Å². The van der Waals surface area contributed by atoms with E-state index in [1.54, 1.807) is 11.6 Å². The van der Waals surface area contributed by atoms with Gasteiger partial charge in [0, 0.05) is 41.2 Å². The van der Waals surface area contributed by atoms with E-state index in [1.807, 2.05) is 6.07 Å². The van der Waals surface area contributed by atoms with Crippen LogP contribution in [0.2, 0.25) is 0 Å². The molecule has 1 aromatic heterocycles. The fraction of sp³-hybridized carbons (Fsp3) is 0.370. The molecule has 2 aromatic carbocycles. The maximum Gasteiger partial charge on any atom is 0.267 e. The Morgan fingerprint density at radius 2 is 2.00 bits per heavy atom. The van der Waals surface area contributed by atoms with Crippen molar-refractivity contribution in [3.8, 4) is 0 Å². The van der Waals surface area contributed by atoms with Crippen LogP contribution in [0.25, 0.3) is 17.0 Å². The van der Waals surface area contributed by atoms with Gasteiger partial charge in [-0.1, -0.05) is 57.2 Å². The summed E-state index contributed by atoms with van der Waals surface area (Å²) in [5.74, 6) is -0.516. The Morgan fingerprint density at radius 3 is 2.78 bits per heavy atom. The van der Waals surface area contributed by atoms with E-state index in [1.165, 1.54) is 39.4 Å². The van der Waals surface area contributed by atoms with Gasteiger partial charge in [-0.2, -0.15) is 0 Å². The van der Waals surface area contributed by atoms with Crippen LogP contribution in [0.3, 0.4) is 0 Å². The van der Waals surface area contributed by atoms with Crippen LogP contribution in [0.4, 0.5) is 0 Å². The maximum atomic E-state index is 11.3. The van der Waals surface area contributed by atoms with E-state index in [0.29, 0.717) is 0 Å². The molecule has 0 radical (unpaired) electrons. The molecule has 3 aromatic rings. The van der Waals surface area contributed by atoms with Crippen molar-refractivity contribution in [3.05, 3.63) is 76.5 Å². The van der Waals surface area contributed by atoms with Gasteiger partial charge in [0.2, 0.25) is 0 Å². The minimum Gasteiger partial charge on any atom is -0.358 e. The van der Waals surface area contributed by atoms with E-state index in [9.17, 15) is 4.79 Å². The van der Waals surface area contributed by atoms with Crippen LogP contribution in [0.15, 0.2) is 48.5 Å². The van der Waals surface area contributed by atoms with E-state index >= 15 is 0 Å². The van der Waals surface area contributed by atoms with Gasteiger partial charge in [-0.3, -0.25) is 14.9 Å². The minimum atomic E-state index is -0.516. The fourth-order valence-electron chi connectivity index (χ4n) is 4.72. The molecular weight excluding hydrogens is 398 g/mol. The number of carbonyl (C=O) groups is 1. The highest BCUT2D eigenvalue weighted by Gasteiger charge is 2.23. The first-order valence-corrected chi connectivity index (χ1v) is 11.4. The third-order valence-corrected chi connectivity index (χ3v) is 6.32. The lowest BCUT2D eigenvalue weighted by Gasteiger charge is -2.23. The molecule has 168 valence electrons. The van der Waals surface area contributed by atoms with Gasteiger partial charge in [-0.05, 0) is 60.2 Å². The molecular formula is C27H33N3O2. The zero-order chi connectivity index (χ0) is 22.7. The Labute approximate surface area is 190 Å². The van der Waals surface area contributed by atoms with Crippen LogP contribution >= 0.6 is 0 Å². The van der Waals surface area contributed by atoms with Crippen molar-refractivity contribution in [3.63, 3.8) is 0 Å². The highest BCUT2D eigenvalue weighted by atomic mass is 16.5. The summed E-state index contributed by atoms with van der Waals surface area (Å²) >= 11 is 0. The number of para-hydroxylation sites is 1. The van der Waals surface area contributed by atoms with Crippen molar-refractivity contribution in [1.29, 1.82) is 0 Å². The Kier molecular flexibility index (Phi) is 6.49. The van der Waals surface area contributed by atoms with E-state index in [-0.39, 0.29) is 5.41 Å². The molecule has 0 aliphatic carbocycles. The highest BCUT2D eigenvalue weighted by Crippen LogP contribution is 2.32. The Bertz CT molecular complexity index is 1140. The number of carbonyl (C=O) groups excluding carboxylic acids is 1. The number of benzene rings is 2. The van der Waals surface area contributed by atoms with Crippen LogP contribution in [0.5, 0.6) is 0 Å². The van der Waals surface area contributed by atoms with Gasteiger partial charge in [0.05, 0.1) is 0 Å². The number of aromatic nitrogens is 1. The lowest BCUT2D eigenvalue weighted by atomic mass is 9.88. The third kappa shape index (κ3) is 4.95. The van der Waals surface area contributed by atoms with Crippen molar-refractivity contribution in [1.82, 2.24) is 15.4 Å². The number of aryl methyl sites for hydroxylation is 1. The summed E-state index contributed by atoms with van der Waals surface area (Å²) in [7, 11) is 0. The summed E-state index contributed by atoms with van der Waals surface area (Å²) < 4.78 is 0. The van der Waals surface area contributed by atoms with Crippen molar-refractivity contribution in [2.75, 3.05) is 13.1 Å². The number of H-pyrrole nitrogens is 1. The molecule has 0 unspecified atom stereocenters. The smallest absolute Gasteiger partial charge is 0.267 e. The molecule has 0 bridgehead atoms. The minimum absolute atomic E-state index is 0.0799. The first-order chi connectivity index (χ1) is 15.3. The lowest BCUT2D eigenvalue weighted by molar-refractivity contribution is -0.124.